The lowest BCUT2D eigenvalue weighted by Gasteiger charge is -2.19. The lowest BCUT2D eigenvalue weighted by molar-refractivity contribution is 0.0993. The quantitative estimate of drug-likeness (QED) is 0.849. The summed E-state index contributed by atoms with van der Waals surface area (Å²) in [6, 6.07) is 11.0. The number of amides is 1. The summed E-state index contributed by atoms with van der Waals surface area (Å²) in [5, 5.41) is 0. The van der Waals surface area contributed by atoms with Crippen LogP contribution >= 0.6 is 15.9 Å². The highest BCUT2D eigenvalue weighted by Gasteiger charge is 2.19. The van der Waals surface area contributed by atoms with Gasteiger partial charge in [0.15, 0.2) is 0 Å². The van der Waals surface area contributed by atoms with Gasteiger partial charge in [-0.1, -0.05) is 15.9 Å². The molecule has 3 rings (SSSR count). The van der Waals surface area contributed by atoms with Crippen molar-refractivity contribution >= 4 is 33.2 Å². The van der Waals surface area contributed by atoms with Gasteiger partial charge in [-0.2, -0.15) is 0 Å². The maximum Gasteiger partial charge on any atom is 0.258 e. The molecule has 108 valence electrons. The predicted octanol–water partition coefficient (Wildman–Crippen LogP) is 3.24. The monoisotopic (exact) mass is 346 g/mol. The predicted molar refractivity (Wildman–Crippen MR) is 86.9 cm³/mol. The first-order valence-corrected chi connectivity index (χ1v) is 7.44. The minimum absolute atomic E-state index is 0.0845. The standard InChI is InChI=1S/C16H15BrN2O2/c1-19(14-4-3-12(17)9-13(14)18)16(20)11-2-5-15-10(8-11)6-7-21-15/h2-5,8-9H,6-7,18H2,1H3. The molecule has 0 saturated heterocycles. The van der Waals surface area contributed by atoms with Gasteiger partial charge in [0.05, 0.1) is 18.0 Å². The molecular formula is C16H15BrN2O2. The number of fused-ring (bicyclic) bond motifs is 1. The number of hydrogen-bond acceptors (Lipinski definition) is 3. The topological polar surface area (TPSA) is 55.6 Å². The van der Waals surface area contributed by atoms with Gasteiger partial charge in [0.2, 0.25) is 0 Å². The Morgan fingerprint density at radius 3 is 2.86 bits per heavy atom. The van der Waals surface area contributed by atoms with Crippen LogP contribution in [0.5, 0.6) is 5.75 Å². The Morgan fingerprint density at radius 2 is 2.10 bits per heavy atom. The van der Waals surface area contributed by atoms with E-state index in [0.717, 1.165) is 22.2 Å². The first kappa shape index (κ1) is 13.9. The Labute approximate surface area is 131 Å². The maximum atomic E-state index is 12.6. The number of nitrogen functional groups attached to an aromatic ring is 1. The fourth-order valence-electron chi connectivity index (χ4n) is 2.45. The fourth-order valence-corrected chi connectivity index (χ4v) is 2.83. The number of hydrogen-bond donors (Lipinski definition) is 1. The summed E-state index contributed by atoms with van der Waals surface area (Å²) in [5.41, 5.74) is 8.96. The molecule has 5 heteroatoms. The summed E-state index contributed by atoms with van der Waals surface area (Å²) in [7, 11) is 1.73. The second kappa shape index (κ2) is 5.41. The molecule has 1 aliphatic rings. The molecule has 0 atom stereocenters. The summed E-state index contributed by atoms with van der Waals surface area (Å²) in [4.78, 5) is 14.2. The van der Waals surface area contributed by atoms with E-state index in [4.69, 9.17) is 10.5 Å². The number of halogens is 1. The fraction of sp³-hybridized carbons (Fsp3) is 0.188. The molecule has 1 aliphatic heterocycles. The smallest absolute Gasteiger partial charge is 0.258 e. The molecule has 0 aliphatic carbocycles. The van der Waals surface area contributed by atoms with Gasteiger partial charge < -0.3 is 15.4 Å². The number of anilines is 2. The van der Waals surface area contributed by atoms with Crippen LogP contribution < -0.4 is 15.4 Å². The van der Waals surface area contributed by atoms with Crippen LogP contribution in [0.2, 0.25) is 0 Å². The first-order valence-electron chi connectivity index (χ1n) is 6.65. The third-order valence-corrected chi connectivity index (χ3v) is 4.09. The molecule has 1 heterocycles. The summed E-state index contributed by atoms with van der Waals surface area (Å²) in [6.07, 6.45) is 0.848. The van der Waals surface area contributed by atoms with E-state index >= 15 is 0 Å². The van der Waals surface area contributed by atoms with Crippen LogP contribution in [0.4, 0.5) is 11.4 Å². The van der Waals surface area contributed by atoms with E-state index in [2.05, 4.69) is 15.9 Å². The van der Waals surface area contributed by atoms with Gasteiger partial charge in [-0.05, 0) is 42.0 Å². The zero-order valence-electron chi connectivity index (χ0n) is 11.6. The van der Waals surface area contributed by atoms with Gasteiger partial charge in [0, 0.05) is 23.5 Å². The van der Waals surface area contributed by atoms with Crippen LogP contribution in [-0.2, 0) is 6.42 Å². The zero-order chi connectivity index (χ0) is 15.0. The molecular weight excluding hydrogens is 332 g/mol. The summed E-state index contributed by atoms with van der Waals surface area (Å²) in [6.45, 7) is 0.683. The minimum Gasteiger partial charge on any atom is -0.493 e. The molecule has 0 aromatic heterocycles. The highest BCUT2D eigenvalue weighted by atomic mass is 79.9. The summed E-state index contributed by atoms with van der Waals surface area (Å²) in [5.74, 6) is 0.788. The van der Waals surface area contributed by atoms with Crippen LogP contribution in [0, 0.1) is 0 Å². The Morgan fingerprint density at radius 1 is 1.29 bits per heavy atom. The average molecular weight is 347 g/mol. The second-order valence-corrected chi connectivity index (χ2v) is 5.90. The normalized spacial score (nSPS) is 12.7. The minimum atomic E-state index is -0.0845. The number of carbonyl (C=O) groups is 1. The first-order chi connectivity index (χ1) is 10.1. The van der Waals surface area contributed by atoms with Crippen LogP contribution in [0.3, 0.4) is 0 Å². The Hall–Kier alpha value is -2.01. The van der Waals surface area contributed by atoms with E-state index in [1.165, 1.54) is 0 Å². The number of benzene rings is 2. The largest absolute Gasteiger partial charge is 0.493 e. The lowest BCUT2D eigenvalue weighted by atomic mass is 10.1. The van der Waals surface area contributed by atoms with Gasteiger partial charge in [-0.25, -0.2) is 0 Å². The molecule has 1 amide bonds. The molecule has 0 fully saturated rings. The molecule has 2 aromatic carbocycles. The molecule has 0 saturated carbocycles. The van der Waals surface area contributed by atoms with E-state index in [1.807, 2.05) is 24.3 Å². The second-order valence-electron chi connectivity index (χ2n) is 4.99. The van der Waals surface area contributed by atoms with Crippen molar-refractivity contribution in [2.45, 2.75) is 6.42 Å². The lowest BCUT2D eigenvalue weighted by Crippen LogP contribution is -2.27. The van der Waals surface area contributed by atoms with Gasteiger partial charge in [-0.3, -0.25) is 4.79 Å². The van der Waals surface area contributed by atoms with E-state index in [0.29, 0.717) is 23.5 Å². The van der Waals surface area contributed by atoms with E-state index in [-0.39, 0.29) is 5.91 Å². The molecule has 0 radical (unpaired) electrons. The van der Waals surface area contributed by atoms with Crippen molar-refractivity contribution in [1.82, 2.24) is 0 Å². The van der Waals surface area contributed by atoms with Crippen LogP contribution in [0.1, 0.15) is 15.9 Å². The highest BCUT2D eigenvalue weighted by molar-refractivity contribution is 9.10. The van der Waals surface area contributed by atoms with Crippen LogP contribution in [0.15, 0.2) is 40.9 Å². The van der Waals surface area contributed by atoms with Crippen molar-refractivity contribution in [2.24, 2.45) is 0 Å². The Bertz CT molecular complexity index is 715. The van der Waals surface area contributed by atoms with Crippen molar-refractivity contribution in [2.75, 3.05) is 24.3 Å². The molecule has 0 spiro atoms. The summed E-state index contributed by atoms with van der Waals surface area (Å²) >= 11 is 3.36. The van der Waals surface area contributed by atoms with Crippen LogP contribution in [-0.4, -0.2) is 19.6 Å². The third kappa shape index (κ3) is 2.61. The van der Waals surface area contributed by atoms with E-state index in [9.17, 15) is 4.79 Å². The van der Waals surface area contributed by atoms with E-state index < -0.39 is 0 Å². The Balaban J connectivity index is 1.90. The molecule has 0 bridgehead atoms. The van der Waals surface area contributed by atoms with E-state index in [1.54, 1.807) is 24.1 Å². The molecule has 0 unspecified atom stereocenters. The molecule has 2 aromatic rings. The summed E-state index contributed by atoms with van der Waals surface area (Å²) < 4.78 is 6.35. The number of ether oxygens (including phenoxy) is 1. The molecule has 2 N–H and O–H groups in total. The maximum absolute atomic E-state index is 12.6. The number of carbonyl (C=O) groups excluding carboxylic acids is 1. The number of rotatable bonds is 2. The van der Waals surface area contributed by atoms with Gasteiger partial charge in [0.25, 0.3) is 5.91 Å². The van der Waals surface area contributed by atoms with Crippen molar-refractivity contribution in [3.05, 3.63) is 52.0 Å². The highest BCUT2D eigenvalue weighted by Crippen LogP contribution is 2.29. The van der Waals surface area contributed by atoms with Crippen LogP contribution in [0.25, 0.3) is 0 Å². The van der Waals surface area contributed by atoms with Crippen molar-refractivity contribution in [3.63, 3.8) is 0 Å². The van der Waals surface area contributed by atoms with Gasteiger partial charge >= 0.3 is 0 Å². The third-order valence-electron chi connectivity index (χ3n) is 3.59. The average Bonchev–Trinajstić information content (AvgIpc) is 2.93. The SMILES string of the molecule is CN(C(=O)c1ccc2c(c1)CCO2)c1ccc(Br)cc1N. The Kier molecular flexibility index (Phi) is 3.59. The van der Waals surface area contributed by atoms with Gasteiger partial charge in [0.1, 0.15) is 5.75 Å². The number of nitrogens with zero attached hydrogens (tertiary/aromatic N) is 1. The molecule has 21 heavy (non-hydrogen) atoms. The number of nitrogens with two attached hydrogens (primary N) is 1. The zero-order valence-corrected chi connectivity index (χ0v) is 13.2. The van der Waals surface area contributed by atoms with Crippen molar-refractivity contribution < 1.29 is 9.53 Å². The van der Waals surface area contributed by atoms with Crippen molar-refractivity contribution in [3.8, 4) is 5.75 Å². The van der Waals surface area contributed by atoms with Gasteiger partial charge in [-0.15, -0.1) is 0 Å². The van der Waals surface area contributed by atoms with Crippen molar-refractivity contribution in [1.29, 1.82) is 0 Å². The molecule has 4 nitrogen and oxygen atoms in total.